The molecule has 0 saturated heterocycles. The maximum atomic E-state index is 11.6. The Morgan fingerprint density at radius 1 is 1.07 bits per heavy atom. The van der Waals surface area contributed by atoms with E-state index in [0.717, 1.165) is 39.8 Å². The van der Waals surface area contributed by atoms with Gasteiger partial charge in [0.1, 0.15) is 0 Å². The highest BCUT2D eigenvalue weighted by Gasteiger charge is 2.31. The van der Waals surface area contributed by atoms with Crippen LogP contribution in [0.4, 0.5) is 5.69 Å². The summed E-state index contributed by atoms with van der Waals surface area (Å²) in [4.78, 5) is 1.18. The number of hydrogen-bond donors (Lipinski definition) is 1. The first kappa shape index (κ1) is 18.2. The molecule has 1 atom stereocenters. The average molecular weight is 428 g/mol. The zero-order valence-corrected chi connectivity index (χ0v) is 16.8. The van der Waals surface area contributed by atoms with Gasteiger partial charge in [0.05, 0.1) is 27.2 Å². The van der Waals surface area contributed by atoms with Crippen LogP contribution in [-0.4, -0.2) is 20.9 Å². The molecule has 0 radical (unpaired) electrons. The summed E-state index contributed by atoms with van der Waals surface area (Å²) in [6.07, 6.45) is 0.719. The molecular weight excluding hydrogens is 410 g/mol. The summed E-state index contributed by atoms with van der Waals surface area (Å²) in [7, 11) is -3.74. The van der Waals surface area contributed by atoms with Crippen molar-refractivity contribution in [2.75, 3.05) is 11.8 Å². The molecule has 0 aliphatic carbocycles. The Hall–Kier alpha value is -2.88. The molecule has 9 heteroatoms. The minimum atomic E-state index is -3.74. The summed E-state index contributed by atoms with van der Waals surface area (Å²) in [5.74, 6) is 1.45. The van der Waals surface area contributed by atoms with Crippen molar-refractivity contribution >= 4 is 32.8 Å². The van der Waals surface area contributed by atoms with Crippen LogP contribution < -0.4 is 19.6 Å². The molecule has 29 heavy (non-hydrogen) atoms. The topological polar surface area (TPSA) is 94.2 Å². The van der Waals surface area contributed by atoms with E-state index in [1.54, 1.807) is 23.5 Å². The smallest absolute Gasteiger partial charge is 0.238 e. The average Bonchev–Trinajstić information content (AvgIpc) is 3.46. The fraction of sp³-hybridized carbons (Fsp3) is 0.150. The van der Waals surface area contributed by atoms with Crippen LogP contribution in [0.25, 0.3) is 0 Å². The summed E-state index contributed by atoms with van der Waals surface area (Å²) in [5.41, 5.74) is 2.81. The molecule has 5 rings (SSSR count). The zero-order valence-electron chi connectivity index (χ0n) is 15.2. The summed E-state index contributed by atoms with van der Waals surface area (Å²) < 4.78 is 34.1. The van der Waals surface area contributed by atoms with Crippen LogP contribution in [0.3, 0.4) is 0 Å². The third kappa shape index (κ3) is 3.37. The van der Waals surface area contributed by atoms with Gasteiger partial charge in [-0.15, -0.1) is 11.3 Å². The first-order chi connectivity index (χ1) is 14.0. The second-order valence-corrected chi connectivity index (χ2v) is 9.25. The molecule has 7 nitrogen and oxygen atoms in total. The minimum absolute atomic E-state index is 0.0538. The van der Waals surface area contributed by atoms with Crippen molar-refractivity contribution in [3.8, 4) is 11.5 Å². The molecule has 0 bridgehead atoms. The highest BCUT2D eigenvalue weighted by molar-refractivity contribution is 7.89. The molecule has 0 spiro atoms. The molecule has 3 heterocycles. The van der Waals surface area contributed by atoms with E-state index in [1.807, 2.05) is 40.7 Å². The van der Waals surface area contributed by atoms with Gasteiger partial charge in [0.15, 0.2) is 11.5 Å². The highest BCUT2D eigenvalue weighted by atomic mass is 32.2. The molecule has 3 aromatic rings. The maximum absolute atomic E-state index is 11.6. The molecule has 2 N–H and O–H groups in total. The third-order valence-electron chi connectivity index (χ3n) is 4.93. The van der Waals surface area contributed by atoms with E-state index in [2.05, 4.69) is 0 Å². The molecular formula is C20H17N3O4S2. The lowest BCUT2D eigenvalue weighted by Gasteiger charge is -2.24. The van der Waals surface area contributed by atoms with Crippen LogP contribution in [0.5, 0.6) is 11.5 Å². The van der Waals surface area contributed by atoms with Crippen molar-refractivity contribution in [3.05, 3.63) is 70.4 Å². The van der Waals surface area contributed by atoms with Crippen LogP contribution in [0, 0.1) is 0 Å². The Labute approximate surface area is 172 Å². The normalized spacial score (nSPS) is 18.2. The summed E-state index contributed by atoms with van der Waals surface area (Å²) >= 11 is 1.64. The number of benzene rings is 2. The Bertz CT molecular complexity index is 1190. The van der Waals surface area contributed by atoms with E-state index in [0.29, 0.717) is 0 Å². The fourth-order valence-corrected chi connectivity index (χ4v) is 4.75. The maximum Gasteiger partial charge on any atom is 0.238 e. The summed E-state index contributed by atoms with van der Waals surface area (Å²) in [6.45, 7) is 0.221. The van der Waals surface area contributed by atoms with E-state index >= 15 is 0 Å². The molecule has 0 saturated carbocycles. The predicted molar refractivity (Wildman–Crippen MR) is 111 cm³/mol. The van der Waals surface area contributed by atoms with Crippen LogP contribution in [0.1, 0.15) is 22.9 Å². The minimum Gasteiger partial charge on any atom is -0.454 e. The van der Waals surface area contributed by atoms with Gasteiger partial charge in [-0.3, -0.25) is 5.01 Å². The second kappa shape index (κ2) is 6.87. The van der Waals surface area contributed by atoms with Gasteiger partial charge in [0.2, 0.25) is 16.8 Å². The molecule has 2 aliphatic rings. The third-order valence-corrected chi connectivity index (χ3v) is 6.78. The van der Waals surface area contributed by atoms with E-state index < -0.39 is 10.0 Å². The number of hydrazone groups is 1. The zero-order chi connectivity index (χ0) is 20.0. The quantitative estimate of drug-likeness (QED) is 0.688. The number of anilines is 1. The van der Waals surface area contributed by atoms with Crippen LogP contribution >= 0.6 is 11.3 Å². The fourth-order valence-electron chi connectivity index (χ4n) is 3.51. The van der Waals surface area contributed by atoms with Crippen LogP contribution in [0.2, 0.25) is 0 Å². The van der Waals surface area contributed by atoms with Gasteiger partial charge in [-0.1, -0.05) is 12.1 Å². The standard InChI is InChI=1S/C20H17N3O4S2/c21-29(24,25)15-6-4-14(5-7-15)23-17(11-16(22-23)20-2-1-9-28-20)13-3-8-18-19(10-13)27-12-26-18/h1-10,17H,11-12H2,(H2,21,24,25). The number of nitrogens with zero attached hydrogens (tertiary/aromatic N) is 2. The lowest BCUT2D eigenvalue weighted by Crippen LogP contribution is -2.19. The lowest BCUT2D eigenvalue weighted by atomic mass is 10.0. The van der Waals surface area contributed by atoms with Gasteiger partial charge >= 0.3 is 0 Å². The Morgan fingerprint density at radius 3 is 2.59 bits per heavy atom. The first-order valence-corrected chi connectivity index (χ1v) is 11.3. The number of nitrogens with two attached hydrogens (primary N) is 1. The van der Waals surface area contributed by atoms with Gasteiger partial charge in [-0.25, -0.2) is 13.6 Å². The number of rotatable bonds is 4. The summed E-state index contributed by atoms with van der Waals surface area (Å²) in [5, 5.41) is 14.0. The van der Waals surface area contributed by atoms with E-state index in [1.165, 1.54) is 12.1 Å². The van der Waals surface area contributed by atoms with Gasteiger partial charge in [-0.2, -0.15) is 5.10 Å². The molecule has 148 valence electrons. The Morgan fingerprint density at radius 2 is 1.86 bits per heavy atom. The Balaban J connectivity index is 1.54. The molecule has 1 aromatic heterocycles. The van der Waals surface area contributed by atoms with E-state index in [9.17, 15) is 8.42 Å². The van der Waals surface area contributed by atoms with Crippen LogP contribution in [-0.2, 0) is 10.0 Å². The first-order valence-electron chi connectivity index (χ1n) is 8.92. The largest absolute Gasteiger partial charge is 0.454 e. The van der Waals surface area contributed by atoms with Crippen LogP contribution in [0.15, 0.2) is 70.0 Å². The number of hydrogen-bond acceptors (Lipinski definition) is 7. The van der Waals surface area contributed by atoms with Crippen molar-refractivity contribution in [3.63, 3.8) is 0 Å². The lowest BCUT2D eigenvalue weighted by molar-refractivity contribution is 0.174. The van der Waals surface area contributed by atoms with Crippen molar-refractivity contribution < 1.29 is 17.9 Å². The number of ether oxygens (including phenoxy) is 2. The SMILES string of the molecule is NS(=O)(=O)c1ccc(N2N=C(c3cccs3)CC2c2ccc3c(c2)OCO3)cc1. The molecule has 1 unspecified atom stereocenters. The second-order valence-electron chi connectivity index (χ2n) is 6.74. The van der Waals surface area contributed by atoms with Gasteiger partial charge in [0.25, 0.3) is 0 Å². The summed E-state index contributed by atoms with van der Waals surface area (Å²) in [6, 6.07) is 16.3. The molecule has 0 fully saturated rings. The van der Waals surface area contributed by atoms with E-state index in [-0.39, 0.29) is 17.7 Å². The number of thiophene rings is 1. The van der Waals surface area contributed by atoms with Crippen molar-refractivity contribution in [1.82, 2.24) is 0 Å². The monoisotopic (exact) mass is 427 g/mol. The van der Waals surface area contributed by atoms with Crippen molar-refractivity contribution in [1.29, 1.82) is 0 Å². The van der Waals surface area contributed by atoms with E-state index in [4.69, 9.17) is 19.7 Å². The molecule has 0 amide bonds. The van der Waals surface area contributed by atoms with Gasteiger partial charge in [0, 0.05) is 6.42 Å². The molecule has 2 aromatic carbocycles. The van der Waals surface area contributed by atoms with Gasteiger partial charge < -0.3 is 9.47 Å². The number of primary sulfonamides is 1. The molecule has 2 aliphatic heterocycles. The van der Waals surface area contributed by atoms with Gasteiger partial charge in [-0.05, 0) is 53.4 Å². The van der Waals surface area contributed by atoms with Crippen molar-refractivity contribution in [2.24, 2.45) is 10.2 Å². The number of fused-ring (bicyclic) bond motifs is 1. The Kier molecular flexibility index (Phi) is 4.30. The number of sulfonamides is 1. The highest BCUT2D eigenvalue weighted by Crippen LogP contribution is 2.41. The van der Waals surface area contributed by atoms with Crippen molar-refractivity contribution in [2.45, 2.75) is 17.4 Å². The predicted octanol–water partition coefficient (Wildman–Crippen LogP) is 3.48.